The first-order chi connectivity index (χ1) is 13.0. The molecule has 1 heterocycles. The summed E-state index contributed by atoms with van der Waals surface area (Å²) < 4.78 is 5.39. The highest BCUT2D eigenvalue weighted by atomic mass is 35.5. The lowest BCUT2D eigenvalue weighted by molar-refractivity contribution is 0.0372. The minimum atomic E-state index is 0.110. The van der Waals surface area contributed by atoms with E-state index in [4.69, 9.17) is 16.3 Å². The molecule has 1 fully saturated rings. The number of halogens is 1. The molecule has 0 radical (unpaired) electrons. The molecule has 152 valence electrons. The standard InChI is InChI=1S/C21H35ClN4O/c1-21(2,16-18-7-6-8-19(22)15-18)17-25-20(23-3)24-9-4-5-10-26-11-13-27-14-12-26/h6-8,15H,4-5,9-14,16-17H2,1-3H3,(H2,23,24,25). The monoisotopic (exact) mass is 394 g/mol. The summed E-state index contributed by atoms with van der Waals surface area (Å²) in [7, 11) is 1.83. The van der Waals surface area contributed by atoms with E-state index < -0.39 is 0 Å². The van der Waals surface area contributed by atoms with Crippen molar-refractivity contribution in [2.24, 2.45) is 10.4 Å². The van der Waals surface area contributed by atoms with E-state index >= 15 is 0 Å². The van der Waals surface area contributed by atoms with Crippen LogP contribution in [0.2, 0.25) is 5.02 Å². The maximum Gasteiger partial charge on any atom is 0.190 e. The molecule has 0 aliphatic carbocycles. The highest BCUT2D eigenvalue weighted by molar-refractivity contribution is 6.30. The lowest BCUT2D eigenvalue weighted by Crippen LogP contribution is -2.43. The first kappa shape index (κ1) is 22.0. The predicted molar refractivity (Wildman–Crippen MR) is 115 cm³/mol. The van der Waals surface area contributed by atoms with Gasteiger partial charge >= 0.3 is 0 Å². The zero-order chi connectivity index (χ0) is 19.5. The molecule has 1 saturated heterocycles. The number of nitrogens with one attached hydrogen (secondary N) is 2. The van der Waals surface area contributed by atoms with Gasteiger partial charge < -0.3 is 15.4 Å². The number of aliphatic imine (C=N–C) groups is 1. The summed E-state index contributed by atoms with van der Waals surface area (Å²) in [5, 5.41) is 7.69. The molecule has 1 aromatic carbocycles. The Labute approximate surface area is 169 Å². The second kappa shape index (κ2) is 11.5. The normalized spacial score (nSPS) is 16.4. The van der Waals surface area contributed by atoms with Gasteiger partial charge in [0.2, 0.25) is 0 Å². The van der Waals surface area contributed by atoms with E-state index in [0.717, 1.165) is 69.8 Å². The van der Waals surface area contributed by atoms with Crippen molar-refractivity contribution >= 4 is 17.6 Å². The molecule has 2 N–H and O–H groups in total. The summed E-state index contributed by atoms with van der Waals surface area (Å²) in [6, 6.07) is 8.11. The molecule has 0 bridgehead atoms. The quantitative estimate of drug-likeness (QED) is 0.383. The Balaban J connectivity index is 1.63. The van der Waals surface area contributed by atoms with Gasteiger partial charge in [-0.1, -0.05) is 37.6 Å². The number of morpholine rings is 1. The van der Waals surface area contributed by atoms with E-state index in [9.17, 15) is 0 Å². The molecule has 27 heavy (non-hydrogen) atoms. The maximum atomic E-state index is 6.10. The summed E-state index contributed by atoms with van der Waals surface area (Å²) >= 11 is 6.10. The fraction of sp³-hybridized carbons (Fsp3) is 0.667. The van der Waals surface area contributed by atoms with Crippen molar-refractivity contribution in [3.05, 3.63) is 34.9 Å². The van der Waals surface area contributed by atoms with E-state index in [1.165, 1.54) is 12.0 Å². The van der Waals surface area contributed by atoms with E-state index in [2.05, 4.69) is 40.4 Å². The van der Waals surface area contributed by atoms with E-state index in [-0.39, 0.29) is 5.41 Å². The van der Waals surface area contributed by atoms with Gasteiger partial charge in [-0.05, 0) is 48.9 Å². The zero-order valence-electron chi connectivity index (χ0n) is 17.1. The van der Waals surface area contributed by atoms with Crippen LogP contribution in [0, 0.1) is 5.41 Å². The third-order valence-corrected chi connectivity index (χ3v) is 5.06. The molecule has 1 aliphatic rings. The SMILES string of the molecule is CN=C(NCCCCN1CCOCC1)NCC(C)(C)Cc1cccc(Cl)c1. The Bertz CT molecular complexity index is 585. The average molecular weight is 395 g/mol. The number of ether oxygens (including phenoxy) is 1. The molecule has 1 aliphatic heterocycles. The van der Waals surface area contributed by atoms with Crippen molar-refractivity contribution in [1.82, 2.24) is 15.5 Å². The van der Waals surface area contributed by atoms with Crippen molar-refractivity contribution in [2.45, 2.75) is 33.1 Å². The molecule has 0 unspecified atom stereocenters. The smallest absolute Gasteiger partial charge is 0.190 e. The third-order valence-electron chi connectivity index (χ3n) is 4.83. The van der Waals surface area contributed by atoms with Gasteiger partial charge in [-0.3, -0.25) is 9.89 Å². The fourth-order valence-electron chi connectivity index (χ4n) is 3.30. The molecular formula is C21H35ClN4O. The Morgan fingerprint density at radius 3 is 2.70 bits per heavy atom. The Hall–Kier alpha value is -1.30. The number of nitrogens with zero attached hydrogens (tertiary/aromatic N) is 2. The molecule has 0 atom stereocenters. The lowest BCUT2D eigenvalue weighted by atomic mass is 9.86. The van der Waals surface area contributed by atoms with Crippen LogP contribution < -0.4 is 10.6 Å². The summed E-state index contributed by atoms with van der Waals surface area (Å²) in [5.41, 5.74) is 1.37. The predicted octanol–water partition coefficient (Wildman–Crippen LogP) is 3.19. The van der Waals surface area contributed by atoms with Gasteiger partial charge in [0.05, 0.1) is 13.2 Å². The third kappa shape index (κ3) is 8.96. The molecular weight excluding hydrogens is 360 g/mol. The van der Waals surface area contributed by atoms with Crippen LogP contribution in [-0.4, -0.2) is 63.8 Å². The van der Waals surface area contributed by atoms with Gasteiger partial charge in [0.15, 0.2) is 5.96 Å². The minimum absolute atomic E-state index is 0.110. The van der Waals surface area contributed by atoms with Crippen LogP contribution >= 0.6 is 11.6 Å². The van der Waals surface area contributed by atoms with Gasteiger partial charge in [-0.2, -0.15) is 0 Å². The van der Waals surface area contributed by atoms with Gasteiger partial charge in [0.25, 0.3) is 0 Å². The second-order valence-corrected chi connectivity index (χ2v) is 8.42. The van der Waals surface area contributed by atoms with Crippen molar-refractivity contribution in [3.8, 4) is 0 Å². The molecule has 0 aromatic heterocycles. The van der Waals surface area contributed by atoms with E-state index in [1.54, 1.807) is 0 Å². The first-order valence-corrected chi connectivity index (χ1v) is 10.4. The molecule has 6 heteroatoms. The number of benzene rings is 1. The molecule has 0 amide bonds. The summed E-state index contributed by atoms with van der Waals surface area (Å²) in [5.74, 6) is 0.876. The molecule has 0 saturated carbocycles. The van der Waals surface area contributed by atoms with Crippen LogP contribution in [0.1, 0.15) is 32.3 Å². The molecule has 5 nitrogen and oxygen atoms in total. The Kier molecular flexibility index (Phi) is 9.39. The molecule has 0 spiro atoms. The average Bonchev–Trinajstić information content (AvgIpc) is 2.64. The highest BCUT2D eigenvalue weighted by Gasteiger charge is 2.19. The summed E-state index contributed by atoms with van der Waals surface area (Å²) in [6.45, 7) is 11.4. The van der Waals surface area contributed by atoms with Crippen LogP contribution in [-0.2, 0) is 11.2 Å². The topological polar surface area (TPSA) is 48.9 Å². The highest BCUT2D eigenvalue weighted by Crippen LogP contribution is 2.22. The van der Waals surface area contributed by atoms with Crippen LogP contribution in [0.3, 0.4) is 0 Å². The van der Waals surface area contributed by atoms with E-state index in [0.29, 0.717) is 0 Å². The largest absolute Gasteiger partial charge is 0.379 e. The molecule has 1 aromatic rings. The maximum absolute atomic E-state index is 6.10. The lowest BCUT2D eigenvalue weighted by Gasteiger charge is -2.27. The van der Waals surface area contributed by atoms with E-state index in [1.807, 2.05) is 25.2 Å². The van der Waals surface area contributed by atoms with Crippen LogP contribution in [0.15, 0.2) is 29.3 Å². The fourth-order valence-corrected chi connectivity index (χ4v) is 3.51. The van der Waals surface area contributed by atoms with Gasteiger partial charge in [0.1, 0.15) is 0 Å². The Morgan fingerprint density at radius 2 is 2.00 bits per heavy atom. The summed E-state index contributed by atoms with van der Waals surface area (Å²) in [4.78, 5) is 6.83. The van der Waals surface area contributed by atoms with Crippen molar-refractivity contribution in [2.75, 3.05) is 53.0 Å². The number of guanidine groups is 1. The number of hydrogen-bond donors (Lipinski definition) is 2. The first-order valence-electron chi connectivity index (χ1n) is 9.97. The second-order valence-electron chi connectivity index (χ2n) is 7.98. The molecule has 2 rings (SSSR count). The van der Waals surface area contributed by atoms with Gasteiger partial charge in [0, 0.05) is 38.2 Å². The van der Waals surface area contributed by atoms with Crippen LogP contribution in [0.4, 0.5) is 0 Å². The minimum Gasteiger partial charge on any atom is -0.379 e. The number of unbranched alkanes of at least 4 members (excludes halogenated alkanes) is 1. The number of hydrogen-bond acceptors (Lipinski definition) is 3. The van der Waals surface area contributed by atoms with Crippen molar-refractivity contribution < 1.29 is 4.74 Å². The Morgan fingerprint density at radius 1 is 1.22 bits per heavy atom. The number of rotatable bonds is 9. The van der Waals surface area contributed by atoms with Crippen molar-refractivity contribution in [3.63, 3.8) is 0 Å². The zero-order valence-corrected chi connectivity index (χ0v) is 17.8. The van der Waals surface area contributed by atoms with Gasteiger partial charge in [-0.15, -0.1) is 0 Å². The van der Waals surface area contributed by atoms with Crippen molar-refractivity contribution in [1.29, 1.82) is 0 Å². The van der Waals surface area contributed by atoms with Gasteiger partial charge in [-0.25, -0.2) is 0 Å². The summed E-state index contributed by atoms with van der Waals surface area (Å²) in [6.07, 6.45) is 3.31. The van der Waals surface area contributed by atoms with Crippen LogP contribution in [0.5, 0.6) is 0 Å². The van der Waals surface area contributed by atoms with Crippen LogP contribution in [0.25, 0.3) is 0 Å².